The van der Waals surface area contributed by atoms with Gasteiger partial charge >= 0.3 is 17.9 Å². The van der Waals surface area contributed by atoms with E-state index in [1.807, 2.05) is 0 Å². The van der Waals surface area contributed by atoms with Gasteiger partial charge in [0.1, 0.15) is 12.7 Å². The van der Waals surface area contributed by atoms with Crippen molar-refractivity contribution in [1.29, 1.82) is 0 Å². The first-order valence-corrected chi connectivity index (χ1v) is 7.71. The first-order chi connectivity index (χ1) is 11.3. The number of aliphatic hydroxyl groups is 3. The Labute approximate surface area is 138 Å². The largest absolute Gasteiger partial charge is 0.505 e. The molecule has 0 unspecified atom stereocenters. The van der Waals surface area contributed by atoms with Gasteiger partial charge in [-0.15, -0.1) is 0 Å². The Morgan fingerprint density at radius 3 is 2.21 bits per heavy atom. The Kier molecular flexibility index (Phi) is 8.03. The minimum Gasteiger partial charge on any atom is -0.505 e. The second-order valence-electron chi connectivity index (χ2n) is 5.47. The van der Waals surface area contributed by atoms with Crippen molar-refractivity contribution in [2.45, 2.75) is 57.2 Å². The molecule has 136 valence electrons. The summed E-state index contributed by atoms with van der Waals surface area (Å²) in [6, 6.07) is 0. The third-order valence-corrected chi connectivity index (χ3v) is 3.48. The lowest BCUT2D eigenvalue weighted by Gasteiger charge is -2.17. The summed E-state index contributed by atoms with van der Waals surface area (Å²) in [4.78, 5) is 32.8. The second kappa shape index (κ2) is 9.76. The first kappa shape index (κ1) is 19.8. The van der Waals surface area contributed by atoms with Crippen molar-refractivity contribution in [3.63, 3.8) is 0 Å². The van der Waals surface area contributed by atoms with Gasteiger partial charge in [0.05, 0.1) is 0 Å². The minimum absolute atomic E-state index is 0.141. The maximum Gasteiger partial charge on any atom is 0.377 e. The molecule has 4 N–H and O–H groups in total. The van der Waals surface area contributed by atoms with Crippen LogP contribution >= 0.6 is 0 Å². The van der Waals surface area contributed by atoms with Crippen molar-refractivity contribution >= 4 is 17.9 Å². The van der Waals surface area contributed by atoms with Crippen LogP contribution < -0.4 is 0 Å². The average molecular weight is 346 g/mol. The number of hydrogen-bond donors (Lipinski definition) is 4. The van der Waals surface area contributed by atoms with Gasteiger partial charge < -0.3 is 29.9 Å². The zero-order valence-corrected chi connectivity index (χ0v) is 13.1. The smallest absolute Gasteiger partial charge is 0.377 e. The Bertz CT molecular complexity index is 497. The predicted molar refractivity (Wildman–Crippen MR) is 79.1 cm³/mol. The third-order valence-electron chi connectivity index (χ3n) is 3.48. The molecule has 0 radical (unpaired) electrons. The van der Waals surface area contributed by atoms with Crippen LogP contribution in [0.5, 0.6) is 0 Å². The quantitative estimate of drug-likeness (QED) is 0.317. The summed E-state index contributed by atoms with van der Waals surface area (Å²) in [6.07, 6.45) is 0.905. The molecule has 0 bridgehead atoms. The van der Waals surface area contributed by atoms with Gasteiger partial charge in [-0.3, -0.25) is 9.59 Å². The van der Waals surface area contributed by atoms with Crippen LogP contribution in [-0.2, 0) is 23.9 Å². The zero-order chi connectivity index (χ0) is 18.1. The number of carboxylic acid groups (broad SMARTS) is 1. The Morgan fingerprint density at radius 2 is 1.67 bits per heavy atom. The molecule has 0 saturated carbocycles. The number of carbonyl (C=O) groups is 3. The SMILES string of the molecule is O=C(O)CCCCCCCC(=O)OC[C@H](O)[C@@H]1OC(=O)C(O)=C1O. The molecule has 2 atom stereocenters. The van der Waals surface area contributed by atoms with Crippen LogP contribution in [0.25, 0.3) is 0 Å². The molecule has 0 aromatic heterocycles. The number of ether oxygens (including phenoxy) is 2. The predicted octanol–water partition coefficient (Wildman–Crippen LogP) is 0.959. The minimum atomic E-state index is -1.47. The first-order valence-electron chi connectivity index (χ1n) is 7.71. The van der Waals surface area contributed by atoms with Gasteiger partial charge in [0.25, 0.3) is 0 Å². The molecule has 9 nitrogen and oxygen atoms in total. The van der Waals surface area contributed by atoms with E-state index in [2.05, 4.69) is 4.74 Å². The van der Waals surface area contributed by atoms with Crippen molar-refractivity contribution in [2.24, 2.45) is 0 Å². The molecule has 0 aromatic carbocycles. The van der Waals surface area contributed by atoms with Gasteiger partial charge in [0, 0.05) is 12.8 Å². The lowest BCUT2D eigenvalue weighted by atomic mass is 10.1. The number of rotatable bonds is 11. The van der Waals surface area contributed by atoms with E-state index < -0.39 is 48.2 Å². The fourth-order valence-corrected chi connectivity index (χ4v) is 2.14. The number of aliphatic carboxylic acids is 1. The highest BCUT2D eigenvalue weighted by molar-refractivity contribution is 5.89. The summed E-state index contributed by atoms with van der Waals surface area (Å²) in [5, 5.41) is 36.7. The summed E-state index contributed by atoms with van der Waals surface area (Å²) < 4.78 is 9.36. The van der Waals surface area contributed by atoms with Crippen LogP contribution in [0.15, 0.2) is 11.5 Å². The maximum atomic E-state index is 11.5. The van der Waals surface area contributed by atoms with Gasteiger partial charge in [-0.05, 0) is 12.8 Å². The molecule has 1 rings (SSSR count). The van der Waals surface area contributed by atoms with E-state index >= 15 is 0 Å². The van der Waals surface area contributed by atoms with Gasteiger partial charge in [-0.2, -0.15) is 0 Å². The molecule has 24 heavy (non-hydrogen) atoms. The molecular weight excluding hydrogens is 324 g/mol. The van der Waals surface area contributed by atoms with Gasteiger partial charge in [0.15, 0.2) is 11.9 Å². The molecule has 0 aliphatic carbocycles. The van der Waals surface area contributed by atoms with Crippen molar-refractivity contribution < 1.29 is 44.3 Å². The Hall–Kier alpha value is -2.29. The van der Waals surface area contributed by atoms with Crippen LogP contribution in [0, 0.1) is 0 Å². The Morgan fingerprint density at radius 1 is 1.08 bits per heavy atom. The number of hydrogen-bond acceptors (Lipinski definition) is 8. The number of cyclic esters (lactones) is 1. The number of carbonyl (C=O) groups excluding carboxylic acids is 2. The lowest BCUT2D eigenvalue weighted by molar-refractivity contribution is -0.154. The third kappa shape index (κ3) is 6.45. The molecule has 9 heteroatoms. The van der Waals surface area contributed by atoms with Crippen LogP contribution in [0.3, 0.4) is 0 Å². The van der Waals surface area contributed by atoms with E-state index in [9.17, 15) is 24.6 Å². The highest BCUT2D eigenvalue weighted by Gasteiger charge is 2.39. The number of esters is 2. The van der Waals surface area contributed by atoms with Gasteiger partial charge in [-0.1, -0.05) is 19.3 Å². The molecule has 0 fully saturated rings. The van der Waals surface area contributed by atoms with Crippen molar-refractivity contribution in [2.75, 3.05) is 6.61 Å². The van der Waals surface area contributed by atoms with Crippen molar-refractivity contribution in [3.8, 4) is 0 Å². The normalized spacial score (nSPS) is 18.4. The van der Waals surface area contributed by atoms with E-state index in [4.69, 9.17) is 14.9 Å². The average Bonchev–Trinajstić information content (AvgIpc) is 2.79. The van der Waals surface area contributed by atoms with Crippen LogP contribution in [0.2, 0.25) is 0 Å². The van der Waals surface area contributed by atoms with Gasteiger partial charge in [-0.25, -0.2) is 4.79 Å². The van der Waals surface area contributed by atoms with E-state index in [0.29, 0.717) is 12.8 Å². The monoisotopic (exact) mass is 346 g/mol. The summed E-state index contributed by atoms with van der Waals surface area (Å²) in [6.45, 7) is -0.479. The number of aliphatic hydroxyl groups excluding tert-OH is 3. The van der Waals surface area contributed by atoms with Crippen LogP contribution in [0.1, 0.15) is 44.9 Å². The number of carboxylic acids is 1. The molecular formula is C15H22O9. The van der Waals surface area contributed by atoms with Gasteiger partial charge in [0.2, 0.25) is 5.76 Å². The van der Waals surface area contributed by atoms with E-state index in [1.165, 1.54) is 0 Å². The summed E-state index contributed by atoms with van der Waals surface area (Å²) in [5.41, 5.74) is 0. The van der Waals surface area contributed by atoms with E-state index in [0.717, 1.165) is 19.3 Å². The lowest BCUT2D eigenvalue weighted by Crippen LogP contribution is -2.33. The van der Waals surface area contributed by atoms with E-state index in [-0.39, 0.29) is 12.8 Å². The molecule has 0 saturated heterocycles. The fourth-order valence-electron chi connectivity index (χ4n) is 2.14. The molecule has 1 aliphatic heterocycles. The fraction of sp³-hybridized carbons (Fsp3) is 0.667. The van der Waals surface area contributed by atoms with Crippen LogP contribution in [0.4, 0.5) is 0 Å². The number of unbranched alkanes of at least 4 members (excludes halogenated alkanes) is 4. The van der Waals surface area contributed by atoms with Crippen molar-refractivity contribution in [3.05, 3.63) is 11.5 Å². The summed E-state index contributed by atoms with van der Waals surface area (Å²) in [5.74, 6) is -4.26. The summed E-state index contributed by atoms with van der Waals surface area (Å²) >= 11 is 0. The standard InChI is InChI=1S/C15H22O9/c16-9(14-12(20)13(21)15(22)24-14)8-23-11(19)7-5-3-1-2-4-6-10(17)18/h9,14,16,20-21H,1-8H2,(H,17,18)/t9-,14-/m0/s1. The Balaban J connectivity index is 2.12. The maximum absolute atomic E-state index is 11.5. The molecule has 0 aromatic rings. The van der Waals surface area contributed by atoms with E-state index in [1.54, 1.807) is 0 Å². The van der Waals surface area contributed by atoms with Crippen LogP contribution in [-0.4, -0.2) is 57.1 Å². The highest BCUT2D eigenvalue weighted by Crippen LogP contribution is 2.21. The van der Waals surface area contributed by atoms with Crippen molar-refractivity contribution in [1.82, 2.24) is 0 Å². The molecule has 1 aliphatic rings. The molecule has 1 heterocycles. The highest BCUT2D eigenvalue weighted by atomic mass is 16.6. The molecule has 0 amide bonds. The summed E-state index contributed by atoms with van der Waals surface area (Å²) in [7, 11) is 0. The molecule has 0 spiro atoms. The zero-order valence-electron chi connectivity index (χ0n) is 13.1. The topological polar surface area (TPSA) is 151 Å². The second-order valence-corrected chi connectivity index (χ2v) is 5.47.